The minimum Gasteiger partial charge on any atom is -0.368 e. The number of carbonyl (C=O) groups excluding carboxylic acids is 2. The van der Waals surface area contributed by atoms with Crippen LogP contribution in [-0.4, -0.2) is 42.4 Å². The van der Waals surface area contributed by atoms with Gasteiger partial charge < -0.3 is 10.6 Å². The molecule has 1 aliphatic rings. The van der Waals surface area contributed by atoms with Crippen molar-refractivity contribution in [2.45, 2.75) is 18.9 Å². The quantitative estimate of drug-likeness (QED) is 0.445. The molecule has 0 radical (unpaired) electrons. The molecule has 1 rings (SSSR count). The predicted octanol–water partition coefficient (Wildman–Crippen LogP) is -1.31. The second-order valence-electron chi connectivity index (χ2n) is 3.46. The van der Waals surface area contributed by atoms with E-state index in [0.29, 0.717) is 19.5 Å². The van der Waals surface area contributed by atoms with Gasteiger partial charge in [0.15, 0.2) is 0 Å². The van der Waals surface area contributed by atoms with E-state index in [4.69, 9.17) is 12.2 Å². The van der Waals surface area contributed by atoms with Crippen molar-refractivity contribution < 1.29 is 9.59 Å². The van der Waals surface area contributed by atoms with Crippen molar-refractivity contribution >= 4 is 11.8 Å². The van der Waals surface area contributed by atoms with Gasteiger partial charge in [0.1, 0.15) is 6.04 Å². The van der Waals surface area contributed by atoms with Crippen molar-refractivity contribution in [2.24, 2.45) is 5.73 Å². The van der Waals surface area contributed by atoms with Gasteiger partial charge in [-0.15, -0.1) is 6.42 Å². The summed E-state index contributed by atoms with van der Waals surface area (Å²) >= 11 is 0. The van der Waals surface area contributed by atoms with Gasteiger partial charge in [-0.25, -0.2) is 0 Å². The summed E-state index contributed by atoms with van der Waals surface area (Å²) in [4.78, 5) is 24.2. The SMILES string of the molecule is C#CCNCC(=O)N1CCCC1C(N)=O. The Balaban J connectivity index is 2.45. The van der Waals surface area contributed by atoms with Crippen LogP contribution in [0.1, 0.15) is 12.8 Å². The van der Waals surface area contributed by atoms with E-state index in [-0.39, 0.29) is 12.5 Å². The van der Waals surface area contributed by atoms with Crippen LogP contribution in [-0.2, 0) is 9.59 Å². The lowest BCUT2D eigenvalue weighted by Gasteiger charge is -2.22. The van der Waals surface area contributed by atoms with Crippen LogP contribution in [0.4, 0.5) is 0 Å². The molecule has 0 spiro atoms. The summed E-state index contributed by atoms with van der Waals surface area (Å²) in [5.74, 6) is 1.82. The van der Waals surface area contributed by atoms with Gasteiger partial charge in [-0.1, -0.05) is 5.92 Å². The zero-order chi connectivity index (χ0) is 11.3. The number of carbonyl (C=O) groups is 2. The fourth-order valence-electron chi connectivity index (χ4n) is 1.70. The minimum atomic E-state index is -0.440. The maximum absolute atomic E-state index is 11.6. The third-order valence-electron chi connectivity index (χ3n) is 2.40. The highest BCUT2D eigenvalue weighted by Crippen LogP contribution is 2.16. The highest BCUT2D eigenvalue weighted by Gasteiger charge is 2.31. The molecule has 5 nitrogen and oxygen atoms in total. The van der Waals surface area contributed by atoms with Gasteiger partial charge in [0.05, 0.1) is 13.1 Å². The lowest BCUT2D eigenvalue weighted by atomic mass is 10.2. The number of nitrogens with one attached hydrogen (secondary N) is 1. The van der Waals surface area contributed by atoms with Crippen LogP contribution < -0.4 is 11.1 Å². The van der Waals surface area contributed by atoms with Gasteiger partial charge in [-0.05, 0) is 12.8 Å². The Morgan fingerprint density at radius 1 is 1.60 bits per heavy atom. The monoisotopic (exact) mass is 209 g/mol. The van der Waals surface area contributed by atoms with Crippen molar-refractivity contribution in [1.82, 2.24) is 10.2 Å². The summed E-state index contributed by atoms with van der Waals surface area (Å²) in [5.41, 5.74) is 5.20. The molecule has 0 saturated carbocycles. The molecule has 0 aromatic heterocycles. The van der Waals surface area contributed by atoms with Crippen LogP contribution in [0.5, 0.6) is 0 Å². The Bertz CT molecular complexity index is 296. The molecule has 1 heterocycles. The number of likely N-dealkylation sites (tertiary alicyclic amines) is 1. The first kappa shape index (κ1) is 11.5. The van der Waals surface area contributed by atoms with Gasteiger partial charge in [-0.3, -0.25) is 14.9 Å². The number of rotatable bonds is 4. The molecule has 1 atom stereocenters. The average Bonchev–Trinajstić information content (AvgIpc) is 2.66. The van der Waals surface area contributed by atoms with Crippen molar-refractivity contribution in [2.75, 3.05) is 19.6 Å². The van der Waals surface area contributed by atoms with Crippen LogP contribution in [0.15, 0.2) is 0 Å². The van der Waals surface area contributed by atoms with Crippen molar-refractivity contribution in [3.05, 3.63) is 0 Å². The topological polar surface area (TPSA) is 75.4 Å². The summed E-state index contributed by atoms with van der Waals surface area (Å²) in [5, 5.41) is 2.79. The highest BCUT2D eigenvalue weighted by atomic mass is 16.2. The summed E-state index contributed by atoms with van der Waals surface area (Å²) in [6, 6.07) is -0.440. The first-order valence-corrected chi connectivity index (χ1v) is 4.89. The fourth-order valence-corrected chi connectivity index (χ4v) is 1.70. The normalized spacial score (nSPS) is 19.9. The summed E-state index contributed by atoms with van der Waals surface area (Å²) in [6.45, 7) is 1.11. The van der Waals surface area contributed by atoms with Crippen LogP contribution in [0.25, 0.3) is 0 Å². The van der Waals surface area contributed by atoms with Crippen molar-refractivity contribution in [3.63, 3.8) is 0 Å². The van der Waals surface area contributed by atoms with Crippen molar-refractivity contribution in [1.29, 1.82) is 0 Å². The molecule has 0 bridgehead atoms. The van der Waals surface area contributed by atoms with E-state index in [1.807, 2.05) is 0 Å². The molecule has 0 aliphatic carbocycles. The molecule has 1 unspecified atom stereocenters. The second kappa shape index (κ2) is 5.37. The highest BCUT2D eigenvalue weighted by molar-refractivity contribution is 5.88. The Morgan fingerprint density at radius 2 is 2.33 bits per heavy atom. The Kier molecular flexibility index (Phi) is 4.13. The number of hydrogen-bond donors (Lipinski definition) is 2. The van der Waals surface area contributed by atoms with E-state index < -0.39 is 11.9 Å². The fraction of sp³-hybridized carbons (Fsp3) is 0.600. The average molecular weight is 209 g/mol. The molecule has 15 heavy (non-hydrogen) atoms. The number of hydrogen-bond acceptors (Lipinski definition) is 3. The first-order chi connectivity index (χ1) is 7.16. The number of amides is 2. The zero-order valence-corrected chi connectivity index (χ0v) is 8.53. The molecule has 2 amide bonds. The van der Waals surface area contributed by atoms with Crippen LogP contribution in [0.3, 0.4) is 0 Å². The smallest absolute Gasteiger partial charge is 0.240 e. The standard InChI is InChI=1S/C10H15N3O2/c1-2-5-12-7-9(14)13-6-3-4-8(13)10(11)15/h1,8,12H,3-7H2,(H2,11,15). The van der Waals surface area contributed by atoms with Gasteiger partial charge >= 0.3 is 0 Å². The van der Waals surface area contributed by atoms with Gasteiger partial charge in [0.2, 0.25) is 11.8 Å². The van der Waals surface area contributed by atoms with Gasteiger partial charge in [0.25, 0.3) is 0 Å². The maximum Gasteiger partial charge on any atom is 0.240 e. The van der Waals surface area contributed by atoms with E-state index in [0.717, 1.165) is 6.42 Å². The number of nitrogens with zero attached hydrogens (tertiary/aromatic N) is 1. The van der Waals surface area contributed by atoms with E-state index >= 15 is 0 Å². The van der Waals surface area contributed by atoms with Crippen LogP contribution in [0.2, 0.25) is 0 Å². The van der Waals surface area contributed by atoms with E-state index in [1.165, 1.54) is 4.90 Å². The van der Waals surface area contributed by atoms with E-state index in [2.05, 4.69) is 11.2 Å². The number of terminal acetylenes is 1. The first-order valence-electron chi connectivity index (χ1n) is 4.89. The predicted molar refractivity (Wildman–Crippen MR) is 55.6 cm³/mol. The molecule has 0 aromatic carbocycles. The summed E-state index contributed by atoms with van der Waals surface area (Å²) in [7, 11) is 0. The second-order valence-corrected chi connectivity index (χ2v) is 3.46. The lowest BCUT2D eigenvalue weighted by Crippen LogP contribution is -2.46. The molecule has 1 fully saturated rings. The van der Waals surface area contributed by atoms with Crippen molar-refractivity contribution in [3.8, 4) is 12.3 Å². The Hall–Kier alpha value is -1.54. The Morgan fingerprint density at radius 3 is 2.93 bits per heavy atom. The third kappa shape index (κ3) is 2.96. The Labute approximate surface area is 89.0 Å². The lowest BCUT2D eigenvalue weighted by molar-refractivity contribution is -0.136. The molecule has 5 heteroatoms. The largest absolute Gasteiger partial charge is 0.368 e. The molecule has 1 saturated heterocycles. The van der Waals surface area contributed by atoms with E-state index in [9.17, 15) is 9.59 Å². The van der Waals surface area contributed by atoms with Gasteiger partial charge in [-0.2, -0.15) is 0 Å². The molecular formula is C10H15N3O2. The maximum atomic E-state index is 11.6. The van der Waals surface area contributed by atoms with Crippen LogP contribution in [0, 0.1) is 12.3 Å². The van der Waals surface area contributed by atoms with E-state index in [1.54, 1.807) is 0 Å². The third-order valence-corrected chi connectivity index (χ3v) is 2.40. The zero-order valence-electron chi connectivity index (χ0n) is 8.53. The summed E-state index contributed by atoms with van der Waals surface area (Å²) in [6.07, 6.45) is 6.52. The molecule has 82 valence electrons. The molecular weight excluding hydrogens is 194 g/mol. The minimum absolute atomic E-state index is 0.119. The molecule has 1 aliphatic heterocycles. The van der Waals surface area contributed by atoms with Crippen LogP contribution >= 0.6 is 0 Å². The number of primary amides is 1. The summed E-state index contributed by atoms with van der Waals surface area (Å²) < 4.78 is 0. The molecule has 0 aromatic rings. The molecule has 3 N–H and O–H groups in total. The van der Waals surface area contributed by atoms with Gasteiger partial charge in [0, 0.05) is 6.54 Å². The number of nitrogens with two attached hydrogens (primary N) is 1.